The van der Waals surface area contributed by atoms with Gasteiger partial charge in [0.2, 0.25) is 15.9 Å². The summed E-state index contributed by atoms with van der Waals surface area (Å²) in [4.78, 5) is 11.5. The highest BCUT2D eigenvalue weighted by molar-refractivity contribution is 7.92. The SMILES string of the molecule is CCCC(=O)NCCN(c1c(C)cc(C)cc1Cl)S(C)(=O)=O. The highest BCUT2D eigenvalue weighted by Gasteiger charge is 2.22. The minimum absolute atomic E-state index is 0.0809. The van der Waals surface area contributed by atoms with E-state index in [1.165, 1.54) is 4.31 Å². The van der Waals surface area contributed by atoms with Crippen LogP contribution in [-0.2, 0) is 14.8 Å². The van der Waals surface area contributed by atoms with Crippen LogP contribution in [0.2, 0.25) is 5.02 Å². The van der Waals surface area contributed by atoms with Crippen LogP contribution in [0.25, 0.3) is 0 Å². The molecule has 0 aromatic heterocycles. The van der Waals surface area contributed by atoms with Crippen molar-refractivity contribution in [2.45, 2.75) is 33.6 Å². The molecule has 0 saturated carbocycles. The second-order valence-electron chi connectivity index (χ2n) is 5.35. The minimum atomic E-state index is -3.49. The fraction of sp³-hybridized carbons (Fsp3) is 0.533. The Morgan fingerprint density at radius 3 is 2.45 bits per heavy atom. The molecule has 1 aromatic rings. The van der Waals surface area contributed by atoms with Crippen molar-refractivity contribution in [2.75, 3.05) is 23.7 Å². The molecule has 1 N–H and O–H groups in total. The smallest absolute Gasteiger partial charge is 0.232 e. The Labute approximate surface area is 137 Å². The number of carbonyl (C=O) groups excluding carboxylic acids is 1. The first-order valence-corrected chi connectivity index (χ1v) is 9.40. The quantitative estimate of drug-likeness (QED) is 0.825. The zero-order chi connectivity index (χ0) is 16.9. The van der Waals surface area contributed by atoms with Crippen molar-refractivity contribution in [1.82, 2.24) is 5.32 Å². The van der Waals surface area contributed by atoms with Gasteiger partial charge in [0.05, 0.1) is 23.5 Å². The van der Waals surface area contributed by atoms with Gasteiger partial charge in [0.1, 0.15) is 0 Å². The molecule has 0 aliphatic rings. The molecular formula is C15H23ClN2O3S. The number of aryl methyl sites for hydroxylation is 2. The molecule has 124 valence electrons. The molecule has 0 aliphatic heterocycles. The van der Waals surface area contributed by atoms with E-state index in [1.807, 2.05) is 26.8 Å². The summed E-state index contributed by atoms with van der Waals surface area (Å²) in [6.45, 7) is 6.03. The van der Waals surface area contributed by atoms with Crippen LogP contribution in [-0.4, -0.2) is 33.7 Å². The Bertz CT molecular complexity index is 621. The van der Waals surface area contributed by atoms with Crippen LogP contribution in [0.3, 0.4) is 0 Å². The van der Waals surface area contributed by atoms with Gasteiger partial charge in [0, 0.05) is 13.0 Å². The molecule has 0 bridgehead atoms. The fourth-order valence-corrected chi connectivity index (χ4v) is 3.75. The van der Waals surface area contributed by atoms with Crippen molar-refractivity contribution in [2.24, 2.45) is 0 Å². The zero-order valence-electron chi connectivity index (χ0n) is 13.4. The standard InChI is InChI=1S/C15H23ClN2O3S/c1-5-6-14(19)17-7-8-18(22(4,20)21)15-12(3)9-11(2)10-13(15)16/h9-10H,5-8H2,1-4H3,(H,17,19). The number of sulfonamides is 1. The molecule has 0 saturated heterocycles. The average Bonchev–Trinajstić information content (AvgIpc) is 2.34. The summed E-state index contributed by atoms with van der Waals surface area (Å²) >= 11 is 6.23. The van der Waals surface area contributed by atoms with Gasteiger partial charge in [0.15, 0.2) is 0 Å². The third kappa shape index (κ3) is 5.18. The third-order valence-corrected chi connectivity index (χ3v) is 4.62. The molecule has 0 unspecified atom stereocenters. The van der Waals surface area contributed by atoms with Gasteiger partial charge in [-0.2, -0.15) is 0 Å². The van der Waals surface area contributed by atoms with Crippen molar-refractivity contribution in [3.63, 3.8) is 0 Å². The molecule has 0 radical (unpaired) electrons. The summed E-state index contributed by atoms with van der Waals surface area (Å²) in [5.41, 5.74) is 2.23. The Hall–Kier alpha value is -1.27. The number of hydrogen-bond donors (Lipinski definition) is 1. The lowest BCUT2D eigenvalue weighted by atomic mass is 10.1. The molecule has 0 fully saturated rings. The van der Waals surface area contributed by atoms with Gasteiger partial charge < -0.3 is 5.32 Å². The Kier molecular flexibility index (Phi) is 6.68. The number of benzene rings is 1. The lowest BCUT2D eigenvalue weighted by Crippen LogP contribution is -2.38. The maximum Gasteiger partial charge on any atom is 0.232 e. The number of hydrogen-bond acceptors (Lipinski definition) is 3. The second-order valence-corrected chi connectivity index (χ2v) is 7.66. The molecule has 0 atom stereocenters. The predicted octanol–water partition coefficient (Wildman–Crippen LogP) is 2.64. The summed E-state index contributed by atoms with van der Waals surface area (Å²) < 4.78 is 25.4. The fourth-order valence-electron chi connectivity index (χ4n) is 2.28. The highest BCUT2D eigenvalue weighted by Crippen LogP contribution is 2.32. The van der Waals surface area contributed by atoms with E-state index < -0.39 is 10.0 Å². The molecule has 22 heavy (non-hydrogen) atoms. The number of nitrogens with zero attached hydrogens (tertiary/aromatic N) is 1. The van der Waals surface area contributed by atoms with Crippen molar-refractivity contribution in [3.05, 3.63) is 28.3 Å². The first kappa shape index (κ1) is 18.8. The number of carbonyl (C=O) groups is 1. The van der Waals surface area contributed by atoms with Crippen LogP contribution in [0.5, 0.6) is 0 Å². The number of rotatable bonds is 7. The van der Waals surface area contributed by atoms with Crippen molar-refractivity contribution >= 4 is 33.2 Å². The monoisotopic (exact) mass is 346 g/mol. The number of nitrogens with one attached hydrogen (secondary N) is 1. The van der Waals surface area contributed by atoms with E-state index in [9.17, 15) is 13.2 Å². The van der Waals surface area contributed by atoms with Crippen LogP contribution < -0.4 is 9.62 Å². The molecule has 1 rings (SSSR count). The van der Waals surface area contributed by atoms with Crippen LogP contribution in [0.4, 0.5) is 5.69 Å². The topological polar surface area (TPSA) is 66.5 Å². The zero-order valence-corrected chi connectivity index (χ0v) is 15.0. The molecule has 5 nitrogen and oxygen atoms in total. The van der Waals surface area contributed by atoms with Crippen molar-refractivity contribution < 1.29 is 13.2 Å². The number of amides is 1. The normalized spacial score (nSPS) is 11.3. The number of anilines is 1. The molecule has 0 heterocycles. The first-order valence-electron chi connectivity index (χ1n) is 7.18. The van der Waals surface area contributed by atoms with Crippen LogP contribution in [0, 0.1) is 13.8 Å². The van der Waals surface area contributed by atoms with Crippen molar-refractivity contribution in [1.29, 1.82) is 0 Å². The first-order chi connectivity index (χ1) is 10.2. The Balaban J connectivity index is 2.99. The van der Waals surface area contributed by atoms with Gasteiger partial charge in [-0.15, -0.1) is 0 Å². The molecule has 7 heteroatoms. The molecule has 0 spiro atoms. The van der Waals surface area contributed by atoms with Gasteiger partial charge in [-0.25, -0.2) is 8.42 Å². The molecular weight excluding hydrogens is 324 g/mol. The van der Waals surface area contributed by atoms with Gasteiger partial charge in [-0.3, -0.25) is 9.10 Å². The van der Waals surface area contributed by atoms with E-state index in [0.29, 0.717) is 17.1 Å². The lowest BCUT2D eigenvalue weighted by molar-refractivity contribution is -0.121. The summed E-state index contributed by atoms with van der Waals surface area (Å²) in [6, 6.07) is 3.62. The van der Waals surface area contributed by atoms with Gasteiger partial charge in [0.25, 0.3) is 0 Å². The van der Waals surface area contributed by atoms with Crippen LogP contribution >= 0.6 is 11.6 Å². The summed E-state index contributed by atoms with van der Waals surface area (Å²) in [7, 11) is -3.49. The third-order valence-electron chi connectivity index (χ3n) is 3.16. The van der Waals surface area contributed by atoms with E-state index in [-0.39, 0.29) is 19.0 Å². The lowest BCUT2D eigenvalue weighted by Gasteiger charge is -2.25. The van der Waals surface area contributed by atoms with E-state index in [2.05, 4.69) is 5.32 Å². The molecule has 1 amide bonds. The Morgan fingerprint density at radius 1 is 1.32 bits per heavy atom. The second kappa shape index (κ2) is 7.83. The van der Waals surface area contributed by atoms with E-state index in [0.717, 1.165) is 23.8 Å². The van der Waals surface area contributed by atoms with Gasteiger partial charge in [-0.05, 0) is 37.5 Å². The maximum absolute atomic E-state index is 12.1. The van der Waals surface area contributed by atoms with Gasteiger partial charge in [-0.1, -0.05) is 24.6 Å². The highest BCUT2D eigenvalue weighted by atomic mass is 35.5. The van der Waals surface area contributed by atoms with E-state index >= 15 is 0 Å². The number of halogens is 1. The van der Waals surface area contributed by atoms with Crippen LogP contribution in [0.15, 0.2) is 12.1 Å². The molecule has 1 aromatic carbocycles. The maximum atomic E-state index is 12.1. The average molecular weight is 347 g/mol. The molecule has 0 aliphatic carbocycles. The van der Waals surface area contributed by atoms with Crippen molar-refractivity contribution in [3.8, 4) is 0 Å². The predicted molar refractivity (Wildman–Crippen MR) is 91.0 cm³/mol. The Morgan fingerprint density at radius 2 is 1.95 bits per heavy atom. The van der Waals surface area contributed by atoms with E-state index in [1.54, 1.807) is 6.07 Å². The summed E-state index contributed by atoms with van der Waals surface area (Å²) in [5.74, 6) is -0.0809. The van der Waals surface area contributed by atoms with E-state index in [4.69, 9.17) is 11.6 Å². The largest absolute Gasteiger partial charge is 0.354 e. The minimum Gasteiger partial charge on any atom is -0.354 e. The van der Waals surface area contributed by atoms with Crippen LogP contribution in [0.1, 0.15) is 30.9 Å². The van der Waals surface area contributed by atoms with Gasteiger partial charge >= 0.3 is 0 Å². The summed E-state index contributed by atoms with van der Waals surface area (Å²) in [5, 5.41) is 3.11. The summed E-state index contributed by atoms with van der Waals surface area (Å²) in [6.07, 6.45) is 2.32.